The maximum Gasteiger partial charge on any atom is 0.337 e. The molecule has 0 aliphatic carbocycles. The maximum absolute atomic E-state index is 11.4. The van der Waals surface area contributed by atoms with Gasteiger partial charge in [0.2, 0.25) is 5.82 Å². The predicted molar refractivity (Wildman–Crippen MR) is 79.0 cm³/mol. The topological polar surface area (TPSA) is 93.8 Å². The third kappa shape index (κ3) is 2.14. The Morgan fingerprint density at radius 1 is 1.14 bits per heavy atom. The molecule has 2 heterocycles. The lowest BCUT2D eigenvalue weighted by atomic mass is 10.1. The molecule has 0 bridgehead atoms. The van der Waals surface area contributed by atoms with Crippen molar-refractivity contribution >= 4 is 22.4 Å². The molecule has 0 spiro atoms. The Balaban J connectivity index is 2.36. The second-order valence-corrected chi connectivity index (χ2v) is 4.31. The third-order valence-corrected chi connectivity index (χ3v) is 3.13. The van der Waals surface area contributed by atoms with E-state index >= 15 is 0 Å². The van der Waals surface area contributed by atoms with E-state index in [4.69, 9.17) is 0 Å². The predicted octanol–water partition coefficient (Wildman–Crippen LogP) is 2.64. The number of hydrogen-bond donors (Lipinski definition) is 1. The van der Waals surface area contributed by atoms with Gasteiger partial charge in [-0.1, -0.05) is 24.3 Å². The van der Waals surface area contributed by atoms with Crippen molar-refractivity contribution in [1.82, 2.24) is 15.0 Å². The molecule has 3 aromatic rings. The van der Waals surface area contributed by atoms with Crippen molar-refractivity contribution in [2.75, 3.05) is 12.4 Å². The molecule has 0 atom stereocenters. The Labute approximate surface area is 119 Å². The zero-order valence-corrected chi connectivity index (χ0v) is 11.1. The van der Waals surface area contributed by atoms with E-state index in [0.29, 0.717) is 11.1 Å². The van der Waals surface area contributed by atoms with Gasteiger partial charge in [-0.15, -0.1) is 0 Å². The normalized spacial score (nSPS) is 10.5. The zero-order valence-electron chi connectivity index (χ0n) is 11.1. The molecule has 0 aliphatic rings. The SMILES string of the molecule is CNc1ncnc(-c2cccc3cccnc23)c1[N+](=O)[O-]. The largest absolute Gasteiger partial charge is 0.367 e. The van der Waals surface area contributed by atoms with E-state index in [9.17, 15) is 10.1 Å². The molecular weight excluding hydrogens is 270 g/mol. The standard InChI is InChI=1S/C14H11N5O2/c1-15-14-13(19(20)21)12(17-8-18-14)10-6-2-4-9-5-3-7-16-11(9)10/h2-8H,1H3,(H,15,17,18). The quantitative estimate of drug-likeness (QED) is 0.586. The summed E-state index contributed by atoms with van der Waals surface area (Å²) in [6, 6.07) is 9.21. The van der Waals surface area contributed by atoms with Crippen molar-refractivity contribution in [3.63, 3.8) is 0 Å². The molecule has 1 aromatic carbocycles. The molecule has 0 saturated heterocycles. The number of pyridine rings is 1. The van der Waals surface area contributed by atoms with Gasteiger partial charge in [0.25, 0.3) is 0 Å². The average Bonchev–Trinajstić information content (AvgIpc) is 2.53. The van der Waals surface area contributed by atoms with E-state index in [0.717, 1.165) is 5.39 Å². The Hall–Kier alpha value is -3.09. The number of nitro groups is 1. The summed E-state index contributed by atoms with van der Waals surface area (Å²) in [5, 5.41) is 15.0. The highest BCUT2D eigenvalue weighted by Gasteiger charge is 2.24. The summed E-state index contributed by atoms with van der Waals surface area (Å²) >= 11 is 0. The second-order valence-electron chi connectivity index (χ2n) is 4.31. The molecule has 0 amide bonds. The molecule has 0 saturated carbocycles. The molecule has 1 N–H and O–H groups in total. The number of nitrogens with zero attached hydrogens (tertiary/aromatic N) is 4. The van der Waals surface area contributed by atoms with Crippen LogP contribution in [0.1, 0.15) is 0 Å². The van der Waals surface area contributed by atoms with Crippen LogP contribution in [0.25, 0.3) is 22.2 Å². The zero-order chi connectivity index (χ0) is 14.8. The van der Waals surface area contributed by atoms with Gasteiger partial charge in [0.05, 0.1) is 10.4 Å². The Kier molecular flexibility index (Phi) is 3.15. The Bertz CT molecular complexity index is 829. The van der Waals surface area contributed by atoms with Crippen molar-refractivity contribution in [3.8, 4) is 11.3 Å². The van der Waals surface area contributed by atoms with E-state index < -0.39 is 4.92 Å². The highest BCUT2D eigenvalue weighted by atomic mass is 16.6. The minimum atomic E-state index is -0.483. The minimum absolute atomic E-state index is 0.154. The van der Waals surface area contributed by atoms with E-state index in [2.05, 4.69) is 20.3 Å². The summed E-state index contributed by atoms with van der Waals surface area (Å²) in [4.78, 5) is 23.2. The van der Waals surface area contributed by atoms with Gasteiger partial charge in [0.15, 0.2) is 5.69 Å². The summed E-state index contributed by atoms with van der Waals surface area (Å²) in [7, 11) is 1.58. The van der Waals surface area contributed by atoms with Crippen LogP contribution in [-0.4, -0.2) is 26.9 Å². The van der Waals surface area contributed by atoms with Gasteiger partial charge in [0.1, 0.15) is 6.33 Å². The summed E-state index contributed by atoms with van der Waals surface area (Å²) in [6.07, 6.45) is 2.95. The van der Waals surface area contributed by atoms with Crippen LogP contribution < -0.4 is 5.32 Å². The highest BCUT2D eigenvalue weighted by Crippen LogP contribution is 2.35. The van der Waals surface area contributed by atoms with Crippen molar-refractivity contribution in [3.05, 3.63) is 53.0 Å². The van der Waals surface area contributed by atoms with E-state index in [1.165, 1.54) is 6.33 Å². The van der Waals surface area contributed by atoms with Gasteiger partial charge < -0.3 is 5.32 Å². The molecule has 0 radical (unpaired) electrons. The van der Waals surface area contributed by atoms with Gasteiger partial charge in [-0.25, -0.2) is 9.97 Å². The van der Waals surface area contributed by atoms with Gasteiger partial charge >= 0.3 is 5.69 Å². The molecule has 104 valence electrons. The first-order valence-corrected chi connectivity index (χ1v) is 6.23. The molecule has 21 heavy (non-hydrogen) atoms. The van der Waals surface area contributed by atoms with E-state index in [1.807, 2.05) is 24.3 Å². The van der Waals surface area contributed by atoms with Gasteiger partial charge in [-0.3, -0.25) is 15.1 Å². The smallest absolute Gasteiger partial charge is 0.337 e. The molecule has 2 aromatic heterocycles. The van der Waals surface area contributed by atoms with E-state index in [1.54, 1.807) is 19.3 Å². The molecule has 3 rings (SSSR count). The van der Waals surface area contributed by atoms with Crippen molar-refractivity contribution in [2.45, 2.75) is 0 Å². The van der Waals surface area contributed by atoms with Crippen LogP contribution in [0.15, 0.2) is 42.9 Å². The third-order valence-electron chi connectivity index (χ3n) is 3.13. The van der Waals surface area contributed by atoms with Gasteiger partial charge in [-0.2, -0.15) is 0 Å². The molecule has 0 aliphatic heterocycles. The lowest BCUT2D eigenvalue weighted by Crippen LogP contribution is -2.03. The monoisotopic (exact) mass is 281 g/mol. The lowest BCUT2D eigenvalue weighted by molar-refractivity contribution is -0.383. The van der Waals surface area contributed by atoms with Crippen LogP contribution in [0.3, 0.4) is 0 Å². The summed E-state index contributed by atoms with van der Waals surface area (Å²) < 4.78 is 0. The molecule has 0 unspecified atom stereocenters. The molecule has 0 fully saturated rings. The Morgan fingerprint density at radius 2 is 1.95 bits per heavy atom. The van der Waals surface area contributed by atoms with Crippen LogP contribution in [0.4, 0.5) is 11.5 Å². The van der Waals surface area contributed by atoms with Crippen molar-refractivity contribution in [2.24, 2.45) is 0 Å². The number of aromatic nitrogens is 3. The van der Waals surface area contributed by atoms with E-state index in [-0.39, 0.29) is 17.2 Å². The van der Waals surface area contributed by atoms with Crippen LogP contribution in [0, 0.1) is 10.1 Å². The first-order valence-electron chi connectivity index (χ1n) is 6.23. The molecule has 7 nitrogen and oxygen atoms in total. The average molecular weight is 281 g/mol. The first-order chi connectivity index (χ1) is 10.2. The number of para-hydroxylation sites is 1. The van der Waals surface area contributed by atoms with Gasteiger partial charge in [0, 0.05) is 24.2 Å². The fourth-order valence-electron chi connectivity index (χ4n) is 2.23. The summed E-state index contributed by atoms with van der Waals surface area (Å²) in [5.41, 5.74) is 1.38. The highest BCUT2D eigenvalue weighted by molar-refractivity contribution is 5.95. The number of nitrogens with one attached hydrogen (secondary N) is 1. The van der Waals surface area contributed by atoms with Crippen LogP contribution in [-0.2, 0) is 0 Å². The molecule has 7 heteroatoms. The summed E-state index contributed by atoms with van der Waals surface area (Å²) in [5.74, 6) is 0.179. The number of hydrogen-bond acceptors (Lipinski definition) is 6. The number of rotatable bonds is 3. The fourth-order valence-corrected chi connectivity index (χ4v) is 2.23. The first kappa shape index (κ1) is 12.9. The Morgan fingerprint density at radius 3 is 2.71 bits per heavy atom. The van der Waals surface area contributed by atoms with Crippen LogP contribution in [0.5, 0.6) is 0 Å². The second kappa shape index (κ2) is 5.12. The fraction of sp³-hybridized carbons (Fsp3) is 0.0714. The van der Waals surface area contributed by atoms with Crippen LogP contribution in [0.2, 0.25) is 0 Å². The number of fused-ring (bicyclic) bond motifs is 1. The van der Waals surface area contributed by atoms with Gasteiger partial charge in [-0.05, 0) is 6.07 Å². The lowest BCUT2D eigenvalue weighted by Gasteiger charge is -2.07. The molecular formula is C14H11N5O2. The minimum Gasteiger partial charge on any atom is -0.367 e. The number of anilines is 1. The van der Waals surface area contributed by atoms with Crippen molar-refractivity contribution < 1.29 is 4.92 Å². The van der Waals surface area contributed by atoms with Crippen molar-refractivity contribution in [1.29, 1.82) is 0 Å². The summed E-state index contributed by atoms with van der Waals surface area (Å²) in [6.45, 7) is 0. The van der Waals surface area contributed by atoms with Crippen LogP contribution >= 0.6 is 0 Å². The number of benzene rings is 1. The maximum atomic E-state index is 11.4.